The second-order valence-electron chi connectivity index (χ2n) is 4.30. The number of hydrogen-bond acceptors (Lipinski definition) is 6. The van der Waals surface area contributed by atoms with Gasteiger partial charge in [-0.05, 0) is 18.2 Å². The number of nitrogens with zero attached hydrogens (tertiary/aromatic N) is 4. The minimum Gasteiger partial charge on any atom is -0.261 e. The maximum Gasteiger partial charge on any atom is 0.237 e. The van der Waals surface area contributed by atoms with E-state index >= 15 is 0 Å². The monoisotopic (exact) mass is 282 g/mol. The number of rotatable bonds is 2. The van der Waals surface area contributed by atoms with Crippen molar-refractivity contribution in [2.24, 2.45) is 0 Å². The van der Waals surface area contributed by atoms with Gasteiger partial charge in [0.2, 0.25) is 5.13 Å². The van der Waals surface area contributed by atoms with Crippen LogP contribution in [0.15, 0.2) is 48.7 Å². The lowest BCUT2D eigenvalue weighted by Crippen LogP contribution is -2.10. The third-order valence-corrected chi connectivity index (χ3v) is 3.95. The first kappa shape index (κ1) is 11.5. The van der Waals surface area contributed by atoms with Gasteiger partial charge in [-0.2, -0.15) is 5.06 Å². The van der Waals surface area contributed by atoms with Gasteiger partial charge in [0.25, 0.3) is 0 Å². The predicted octanol–water partition coefficient (Wildman–Crippen LogP) is 3.18. The average Bonchev–Trinajstić information content (AvgIpc) is 3.14. The fourth-order valence-electron chi connectivity index (χ4n) is 2.08. The van der Waals surface area contributed by atoms with Crippen LogP contribution in [0.2, 0.25) is 0 Å². The van der Waals surface area contributed by atoms with Gasteiger partial charge in [0, 0.05) is 11.8 Å². The standard InChI is InChI=1S/C14H10N4OS/c1-2-7-12-10(5-1)9-19-18(12)14-17-16-13(20-14)11-6-3-4-8-15-11/h1-8H,9H2. The number of aromatic nitrogens is 3. The van der Waals surface area contributed by atoms with Crippen LogP contribution in [0, 0.1) is 0 Å². The molecule has 3 heterocycles. The zero-order valence-electron chi connectivity index (χ0n) is 10.4. The van der Waals surface area contributed by atoms with Gasteiger partial charge in [-0.1, -0.05) is 35.6 Å². The van der Waals surface area contributed by atoms with Crippen molar-refractivity contribution in [3.8, 4) is 10.7 Å². The highest BCUT2D eigenvalue weighted by molar-refractivity contribution is 7.18. The summed E-state index contributed by atoms with van der Waals surface area (Å²) in [6.07, 6.45) is 1.75. The van der Waals surface area contributed by atoms with E-state index in [0.717, 1.165) is 27.1 Å². The number of para-hydroxylation sites is 1. The Kier molecular flexibility index (Phi) is 2.68. The first-order chi connectivity index (χ1) is 9.92. The maximum absolute atomic E-state index is 5.68. The third kappa shape index (κ3) is 1.86. The molecule has 5 nitrogen and oxygen atoms in total. The Hall–Kier alpha value is -2.31. The molecule has 0 saturated carbocycles. The summed E-state index contributed by atoms with van der Waals surface area (Å²) in [5.41, 5.74) is 3.00. The fraction of sp³-hybridized carbons (Fsp3) is 0.0714. The first-order valence-corrected chi connectivity index (χ1v) is 6.99. The van der Waals surface area contributed by atoms with Crippen LogP contribution in [0.4, 0.5) is 10.8 Å². The van der Waals surface area contributed by atoms with E-state index in [9.17, 15) is 0 Å². The van der Waals surface area contributed by atoms with E-state index in [4.69, 9.17) is 4.84 Å². The lowest BCUT2D eigenvalue weighted by Gasteiger charge is -2.12. The quantitative estimate of drug-likeness (QED) is 0.722. The second kappa shape index (κ2) is 4.66. The van der Waals surface area contributed by atoms with Crippen LogP contribution >= 0.6 is 11.3 Å². The molecule has 0 bridgehead atoms. The number of pyridine rings is 1. The molecule has 4 rings (SSSR count). The Morgan fingerprint density at radius 2 is 1.95 bits per heavy atom. The van der Waals surface area contributed by atoms with Crippen molar-refractivity contribution in [1.29, 1.82) is 0 Å². The van der Waals surface area contributed by atoms with Crippen LogP contribution in [0.5, 0.6) is 0 Å². The summed E-state index contributed by atoms with van der Waals surface area (Å²) >= 11 is 1.46. The largest absolute Gasteiger partial charge is 0.261 e. The van der Waals surface area contributed by atoms with E-state index in [1.165, 1.54) is 11.3 Å². The second-order valence-corrected chi connectivity index (χ2v) is 5.26. The molecule has 98 valence electrons. The van der Waals surface area contributed by atoms with Crippen molar-refractivity contribution < 1.29 is 4.84 Å². The molecule has 0 atom stereocenters. The predicted molar refractivity (Wildman–Crippen MR) is 76.5 cm³/mol. The molecule has 20 heavy (non-hydrogen) atoms. The van der Waals surface area contributed by atoms with Crippen molar-refractivity contribution in [2.75, 3.05) is 5.06 Å². The molecule has 1 aliphatic heterocycles. The molecule has 6 heteroatoms. The van der Waals surface area contributed by atoms with Gasteiger partial charge in [0.1, 0.15) is 12.3 Å². The molecule has 2 aromatic heterocycles. The average molecular weight is 282 g/mol. The van der Waals surface area contributed by atoms with Gasteiger partial charge < -0.3 is 0 Å². The molecule has 1 aromatic carbocycles. The Labute approximate surface area is 119 Å². The summed E-state index contributed by atoms with van der Waals surface area (Å²) in [5.74, 6) is 0. The van der Waals surface area contributed by atoms with Crippen molar-refractivity contribution in [3.05, 3.63) is 54.2 Å². The zero-order chi connectivity index (χ0) is 13.4. The Bertz CT molecular complexity index is 744. The Morgan fingerprint density at radius 3 is 2.85 bits per heavy atom. The molecule has 0 spiro atoms. The van der Waals surface area contributed by atoms with E-state index in [2.05, 4.69) is 21.2 Å². The molecular weight excluding hydrogens is 272 g/mol. The van der Waals surface area contributed by atoms with Crippen molar-refractivity contribution in [1.82, 2.24) is 15.2 Å². The highest BCUT2D eigenvalue weighted by Gasteiger charge is 2.24. The molecule has 0 fully saturated rings. The fourth-order valence-corrected chi connectivity index (χ4v) is 2.88. The highest BCUT2D eigenvalue weighted by Crippen LogP contribution is 2.38. The highest BCUT2D eigenvalue weighted by atomic mass is 32.1. The van der Waals surface area contributed by atoms with Gasteiger partial charge in [-0.25, -0.2) is 0 Å². The smallest absolute Gasteiger partial charge is 0.237 e. The maximum atomic E-state index is 5.68. The normalized spacial score (nSPS) is 13.5. The van der Waals surface area contributed by atoms with Crippen LogP contribution in [0.25, 0.3) is 10.7 Å². The SMILES string of the molecule is c1ccc(-c2nnc(N3OCc4ccccc43)s2)nc1. The number of hydrogen-bond donors (Lipinski definition) is 0. The summed E-state index contributed by atoms with van der Waals surface area (Å²) in [7, 11) is 0. The molecular formula is C14H10N4OS. The van der Waals surface area contributed by atoms with E-state index in [1.807, 2.05) is 36.4 Å². The number of benzene rings is 1. The molecule has 0 aliphatic carbocycles. The van der Waals surface area contributed by atoms with Crippen LogP contribution in [0.1, 0.15) is 5.56 Å². The minimum atomic E-state index is 0.564. The summed E-state index contributed by atoms with van der Waals surface area (Å²) < 4.78 is 0. The van der Waals surface area contributed by atoms with Crippen molar-refractivity contribution >= 4 is 22.2 Å². The van der Waals surface area contributed by atoms with Crippen LogP contribution in [0.3, 0.4) is 0 Å². The number of fused-ring (bicyclic) bond motifs is 1. The van der Waals surface area contributed by atoms with Gasteiger partial charge in [-0.3, -0.25) is 9.82 Å². The summed E-state index contributed by atoms with van der Waals surface area (Å²) in [4.78, 5) is 9.96. The molecule has 3 aromatic rings. The van der Waals surface area contributed by atoms with E-state index in [0.29, 0.717) is 6.61 Å². The van der Waals surface area contributed by atoms with Crippen LogP contribution < -0.4 is 5.06 Å². The molecule has 0 N–H and O–H groups in total. The molecule has 0 radical (unpaired) electrons. The Balaban J connectivity index is 1.70. The van der Waals surface area contributed by atoms with Crippen LogP contribution in [-0.4, -0.2) is 15.2 Å². The van der Waals surface area contributed by atoms with E-state index in [1.54, 1.807) is 11.3 Å². The van der Waals surface area contributed by atoms with Gasteiger partial charge >= 0.3 is 0 Å². The topological polar surface area (TPSA) is 51.1 Å². The summed E-state index contributed by atoms with van der Waals surface area (Å²) in [5, 5.41) is 11.6. The van der Waals surface area contributed by atoms with Gasteiger partial charge in [0.15, 0.2) is 5.01 Å². The van der Waals surface area contributed by atoms with Crippen LogP contribution in [-0.2, 0) is 11.4 Å². The van der Waals surface area contributed by atoms with E-state index < -0.39 is 0 Å². The van der Waals surface area contributed by atoms with Gasteiger partial charge in [-0.15, -0.1) is 10.2 Å². The van der Waals surface area contributed by atoms with Crippen molar-refractivity contribution in [3.63, 3.8) is 0 Å². The summed E-state index contributed by atoms with van der Waals surface area (Å²) in [6, 6.07) is 13.8. The zero-order valence-corrected chi connectivity index (χ0v) is 11.2. The minimum absolute atomic E-state index is 0.564. The molecule has 0 saturated heterocycles. The molecule has 1 aliphatic rings. The van der Waals surface area contributed by atoms with Crippen molar-refractivity contribution in [2.45, 2.75) is 6.61 Å². The first-order valence-electron chi connectivity index (χ1n) is 6.18. The lowest BCUT2D eigenvalue weighted by molar-refractivity contribution is 0.145. The molecule has 0 unspecified atom stereocenters. The van der Waals surface area contributed by atoms with Gasteiger partial charge in [0.05, 0.1) is 5.69 Å². The Morgan fingerprint density at radius 1 is 1.05 bits per heavy atom. The third-order valence-electron chi connectivity index (χ3n) is 3.03. The summed E-state index contributed by atoms with van der Waals surface area (Å²) in [6.45, 7) is 0.564. The molecule has 0 amide bonds. The number of anilines is 2. The van der Waals surface area contributed by atoms with E-state index in [-0.39, 0.29) is 0 Å². The lowest BCUT2D eigenvalue weighted by atomic mass is 10.2.